The van der Waals surface area contributed by atoms with Gasteiger partial charge >= 0.3 is 0 Å². The van der Waals surface area contributed by atoms with Crippen molar-refractivity contribution in [1.82, 2.24) is 14.5 Å². The van der Waals surface area contributed by atoms with Gasteiger partial charge in [0.05, 0.1) is 21.6 Å². The predicted octanol–water partition coefficient (Wildman–Crippen LogP) is 7.39. The molecule has 0 atom stereocenters. The lowest BCUT2D eigenvalue weighted by atomic mass is 10.0. The highest BCUT2D eigenvalue weighted by Crippen LogP contribution is 2.39. The minimum Gasteiger partial charge on any atom is -0.744 e. The Balaban J connectivity index is 0.000000288. The molecule has 0 N–H and O–H groups in total. The number of rotatable bonds is 6. The molecule has 8 nitrogen and oxygen atoms in total. The maximum absolute atomic E-state index is 10.4. The number of benzene rings is 4. The fraction of sp³-hybridized carbons (Fsp3) is 0.189. The normalized spacial score (nSPS) is 13.4. The van der Waals surface area contributed by atoms with Gasteiger partial charge in [-0.3, -0.25) is 0 Å². The van der Waals surface area contributed by atoms with E-state index >= 15 is 0 Å². The second kappa shape index (κ2) is 12.8. The Labute approximate surface area is 270 Å². The number of aromatic nitrogens is 3. The summed E-state index contributed by atoms with van der Waals surface area (Å²) >= 11 is 0. The van der Waals surface area contributed by atoms with Crippen LogP contribution >= 0.6 is 0 Å². The van der Waals surface area contributed by atoms with Crippen LogP contribution in [-0.2, 0) is 17.2 Å². The standard InChI is InChI=1S/C30H29N5.C7H8O3S/c1-4-34-27(35(5-2)30-29(34)31-24-16-10-11-17-25(24)32-30)20-19-23-22-15-9-12-18-26(22)33(3)28(23)21-13-7-6-8-14-21;1-6-2-4-7(5-3-6)11(8,9)10/h6-20,27H,4-5H2,1-3H3;2-5H,1H3,(H,8,9,10)/p-1/b20-19+;. The average Bonchev–Trinajstić information content (AvgIpc) is 3.52. The van der Waals surface area contributed by atoms with E-state index in [1.807, 2.05) is 31.2 Å². The summed E-state index contributed by atoms with van der Waals surface area (Å²) in [4.78, 5) is 14.5. The monoisotopic (exact) mass is 630 g/mol. The zero-order valence-corrected chi connectivity index (χ0v) is 27.1. The smallest absolute Gasteiger partial charge is 0.174 e. The van der Waals surface area contributed by atoms with Crippen molar-refractivity contribution in [2.75, 3.05) is 22.9 Å². The van der Waals surface area contributed by atoms with Crippen LogP contribution in [0.15, 0.2) is 114 Å². The molecule has 0 aliphatic carbocycles. The van der Waals surface area contributed by atoms with Crippen LogP contribution < -0.4 is 9.80 Å². The molecule has 234 valence electrons. The summed E-state index contributed by atoms with van der Waals surface area (Å²) in [5.74, 6) is 1.92. The zero-order chi connectivity index (χ0) is 32.4. The first-order chi connectivity index (χ1) is 22.2. The lowest BCUT2D eigenvalue weighted by Gasteiger charge is -2.28. The van der Waals surface area contributed by atoms with Crippen molar-refractivity contribution in [3.63, 3.8) is 0 Å². The highest BCUT2D eigenvalue weighted by molar-refractivity contribution is 7.85. The van der Waals surface area contributed by atoms with E-state index in [0.717, 1.165) is 41.3 Å². The Morgan fingerprint density at radius 1 is 0.761 bits per heavy atom. The van der Waals surface area contributed by atoms with Gasteiger partial charge in [-0.25, -0.2) is 18.4 Å². The number of aryl methyl sites for hydroxylation is 2. The molecule has 0 saturated heterocycles. The van der Waals surface area contributed by atoms with Crippen molar-refractivity contribution in [3.05, 3.63) is 120 Å². The zero-order valence-electron chi connectivity index (χ0n) is 26.3. The summed E-state index contributed by atoms with van der Waals surface area (Å²) < 4.78 is 33.5. The average molecular weight is 631 g/mol. The van der Waals surface area contributed by atoms with Crippen molar-refractivity contribution in [3.8, 4) is 11.3 Å². The predicted molar refractivity (Wildman–Crippen MR) is 186 cm³/mol. The minimum atomic E-state index is -4.27. The number of nitrogens with zero attached hydrogens (tertiary/aromatic N) is 5. The summed E-state index contributed by atoms with van der Waals surface area (Å²) in [6.45, 7) is 7.91. The summed E-state index contributed by atoms with van der Waals surface area (Å²) in [5, 5.41) is 1.26. The van der Waals surface area contributed by atoms with Crippen LogP contribution in [0.1, 0.15) is 25.0 Å². The van der Waals surface area contributed by atoms with Crippen molar-refractivity contribution in [2.24, 2.45) is 7.05 Å². The van der Waals surface area contributed by atoms with Gasteiger partial charge in [-0.2, -0.15) is 0 Å². The molecule has 3 heterocycles. The highest BCUT2D eigenvalue weighted by atomic mass is 32.2. The Morgan fingerprint density at radius 3 is 1.87 bits per heavy atom. The van der Waals surface area contributed by atoms with Gasteiger partial charge in [0.2, 0.25) is 0 Å². The number of hydrogen-bond acceptors (Lipinski definition) is 7. The van der Waals surface area contributed by atoms with E-state index in [9.17, 15) is 13.0 Å². The third kappa shape index (κ3) is 5.87. The Morgan fingerprint density at radius 2 is 1.30 bits per heavy atom. The van der Waals surface area contributed by atoms with Crippen molar-refractivity contribution >= 4 is 49.8 Å². The largest absolute Gasteiger partial charge is 0.744 e. The maximum Gasteiger partial charge on any atom is 0.174 e. The number of anilines is 2. The van der Waals surface area contributed by atoms with Crippen LogP contribution in [0.5, 0.6) is 0 Å². The van der Waals surface area contributed by atoms with Gasteiger partial charge in [-0.05, 0) is 62.7 Å². The molecular formula is C37H36N5O3S-. The molecule has 2 aromatic heterocycles. The quantitative estimate of drug-likeness (QED) is 0.177. The van der Waals surface area contributed by atoms with Crippen molar-refractivity contribution in [2.45, 2.75) is 31.8 Å². The molecule has 46 heavy (non-hydrogen) atoms. The van der Waals surface area contributed by atoms with E-state index in [2.05, 4.69) is 102 Å². The lowest BCUT2D eigenvalue weighted by Crippen LogP contribution is -2.41. The topological polar surface area (TPSA) is 94.4 Å². The van der Waals surface area contributed by atoms with Gasteiger partial charge in [0.1, 0.15) is 16.3 Å². The first kappa shape index (κ1) is 31.0. The first-order valence-electron chi connectivity index (χ1n) is 15.3. The number of fused-ring (bicyclic) bond motifs is 3. The van der Waals surface area contributed by atoms with E-state index in [4.69, 9.17) is 9.97 Å². The van der Waals surface area contributed by atoms with Gasteiger partial charge in [-0.1, -0.05) is 84.4 Å². The van der Waals surface area contributed by atoms with E-state index in [-0.39, 0.29) is 11.1 Å². The molecular weight excluding hydrogens is 595 g/mol. The Bertz CT molecular complexity index is 2090. The molecule has 0 saturated carbocycles. The second-order valence-corrected chi connectivity index (χ2v) is 12.6. The van der Waals surface area contributed by atoms with Crippen LogP contribution in [0.3, 0.4) is 0 Å². The molecule has 0 amide bonds. The van der Waals surface area contributed by atoms with Gasteiger partial charge in [0.25, 0.3) is 0 Å². The SMILES string of the molecule is CCN1c2nc3ccccc3nc2N(CC)C1/C=C/c1c(-c2ccccc2)n(C)c2ccccc12.Cc1ccc(S(=O)(=O)[O-])cc1. The third-order valence-corrected chi connectivity index (χ3v) is 9.19. The number of hydrogen-bond donors (Lipinski definition) is 0. The van der Waals surface area contributed by atoms with Gasteiger partial charge in [0.15, 0.2) is 11.6 Å². The fourth-order valence-electron chi connectivity index (χ4n) is 6.09. The highest BCUT2D eigenvalue weighted by Gasteiger charge is 2.35. The Kier molecular flexibility index (Phi) is 8.62. The molecule has 0 radical (unpaired) electrons. The van der Waals surface area contributed by atoms with Crippen LogP contribution in [0.4, 0.5) is 11.6 Å². The third-order valence-electron chi connectivity index (χ3n) is 8.34. The molecule has 1 aliphatic rings. The van der Waals surface area contributed by atoms with Crippen LogP contribution in [0.25, 0.3) is 39.3 Å². The molecule has 4 aromatic carbocycles. The Hall–Kier alpha value is -4.99. The summed E-state index contributed by atoms with van der Waals surface area (Å²) in [5.41, 5.74) is 7.72. The molecule has 1 aliphatic heterocycles. The summed E-state index contributed by atoms with van der Waals surface area (Å²) in [6.07, 6.45) is 4.67. The molecule has 7 rings (SSSR count). The number of likely N-dealkylation sites (N-methyl/N-ethyl adjacent to an activating group) is 2. The van der Waals surface area contributed by atoms with Crippen molar-refractivity contribution < 1.29 is 13.0 Å². The van der Waals surface area contributed by atoms with E-state index in [0.29, 0.717) is 0 Å². The van der Waals surface area contributed by atoms with E-state index < -0.39 is 10.1 Å². The molecule has 9 heteroatoms. The van der Waals surface area contributed by atoms with E-state index in [1.165, 1.54) is 39.9 Å². The summed E-state index contributed by atoms with van der Waals surface area (Å²) in [6, 6.07) is 33.2. The van der Waals surface area contributed by atoms with Gasteiger partial charge < -0.3 is 18.9 Å². The van der Waals surface area contributed by atoms with Gasteiger partial charge in [0, 0.05) is 36.6 Å². The molecule has 6 aromatic rings. The van der Waals surface area contributed by atoms with Crippen LogP contribution in [0.2, 0.25) is 0 Å². The molecule has 0 bridgehead atoms. The summed E-state index contributed by atoms with van der Waals surface area (Å²) in [7, 11) is -2.11. The molecule has 0 fully saturated rings. The lowest BCUT2D eigenvalue weighted by molar-refractivity contribution is 0.463. The fourth-order valence-corrected chi connectivity index (χ4v) is 6.56. The van der Waals surface area contributed by atoms with Crippen molar-refractivity contribution in [1.29, 1.82) is 0 Å². The van der Waals surface area contributed by atoms with Crippen LogP contribution in [0, 0.1) is 6.92 Å². The first-order valence-corrected chi connectivity index (χ1v) is 16.8. The molecule has 0 spiro atoms. The molecule has 0 unspecified atom stereocenters. The van der Waals surface area contributed by atoms with Gasteiger partial charge in [-0.15, -0.1) is 0 Å². The van der Waals surface area contributed by atoms with Crippen LogP contribution in [-0.4, -0.2) is 46.8 Å². The maximum atomic E-state index is 10.4. The van der Waals surface area contributed by atoms with E-state index in [1.54, 1.807) is 12.1 Å². The number of para-hydroxylation sites is 3. The second-order valence-electron chi connectivity index (χ2n) is 11.2. The minimum absolute atomic E-state index is 0.0550.